The molecule has 0 radical (unpaired) electrons. The lowest BCUT2D eigenvalue weighted by Crippen LogP contribution is -2.25. The third-order valence-electron chi connectivity index (χ3n) is 7.31. The Morgan fingerprint density at radius 2 is 1.46 bits per heavy atom. The molecular weight excluding hydrogens is 364 g/mol. The van der Waals surface area contributed by atoms with Crippen LogP contribution in [-0.2, 0) is 6.18 Å². The molecule has 0 aliphatic heterocycles. The smallest absolute Gasteiger partial charge is 0.206 e. The van der Waals surface area contributed by atoms with Gasteiger partial charge >= 0.3 is 6.18 Å². The van der Waals surface area contributed by atoms with E-state index in [0.29, 0.717) is 5.56 Å². The van der Waals surface area contributed by atoms with Crippen molar-refractivity contribution >= 4 is 0 Å². The Morgan fingerprint density at radius 3 is 2.04 bits per heavy atom. The summed E-state index contributed by atoms with van der Waals surface area (Å²) in [7, 11) is 0. The summed E-state index contributed by atoms with van der Waals surface area (Å²) in [6, 6.07) is 3.59. The minimum absolute atomic E-state index is 0.142. The van der Waals surface area contributed by atoms with Crippen molar-refractivity contribution in [2.45, 2.75) is 96.1 Å². The molecule has 0 atom stereocenters. The third kappa shape index (κ3) is 5.51. The summed E-state index contributed by atoms with van der Waals surface area (Å²) in [5.74, 6) is 1.43. The number of hydrogen-bond donors (Lipinski definition) is 0. The predicted octanol–water partition coefficient (Wildman–Crippen LogP) is 8.51. The van der Waals surface area contributed by atoms with E-state index in [1.165, 1.54) is 51.4 Å². The molecule has 0 N–H and O–H groups in total. The number of halogens is 4. The Kier molecular flexibility index (Phi) is 7.44. The lowest BCUT2D eigenvalue weighted by molar-refractivity contribution is -0.140. The van der Waals surface area contributed by atoms with E-state index in [9.17, 15) is 17.6 Å². The van der Waals surface area contributed by atoms with Crippen molar-refractivity contribution < 1.29 is 17.6 Å². The summed E-state index contributed by atoms with van der Waals surface area (Å²) in [4.78, 5) is 0. The first-order chi connectivity index (χ1) is 13.4. The highest BCUT2D eigenvalue weighted by Crippen LogP contribution is 2.45. The molecule has 0 aromatic heterocycles. The molecule has 1 aromatic carbocycles. The van der Waals surface area contributed by atoms with Crippen LogP contribution in [0.2, 0.25) is 0 Å². The van der Waals surface area contributed by atoms with Gasteiger partial charge < -0.3 is 0 Å². The van der Waals surface area contributed by atoms with Gasteiger partial charge in [0.2, 0.25) is 0 Å². The van der Waals surface area contributed by atoms with E-state index < -0.39 is 17.6 Å². The van der Waals surface area contributed by atoms with E-state index >= 15 is 0 Å². The first-order valence-electron chi connectivity index (χ1n) is 11.2. The van der Waals surface area contributed by atoms with Crippen molar-refractivity contribution in [1.29, 1.82) is 0 Å². The van der Waals surface area contributed by atoms with Crippen LogP contribution >= 0.6 is 0 Å². The van der Waals surface area contributed by atoms with Crippen LogP contribution in [0.25, 0.3) is 0 Å². The van der Waals surface area contributed by atoms with E-state index in [2.05, 4.69) is 6.92 Å². The molecule has 3 rings (SSSR count). The van der Waals surface area contributed by atoms with E-state index in [4.69, 9.17) is 0 Å². The van der Waals surface area contributed by atoms with Gasteiger partial charge in [0.15, 0.2) is 0 Å². The molecule has 0 nitrogen and oxygen atoms in total. The van der Waals surface area contributed by atoms with Gasteiger partial charge in [0.05, 0.1) is 5.56 Å². The van der Waals surface area contributed by atoms with E-state index in [-0.39, 0.29) is 5.92 Å². The molecule has 1 aromatic rings. The second kappa shape index (κ2) is 9.63. The molecule has 0 saturated heterocycles. The van der Waals surface area contributed by atoms with Crippen LogP contribution in [0.3, 0.4) is 0 Å². The van der Waals surface area contributed by atoms with Crippen molar-refractivity contribution in [2.75, 3.05) is 0 Å². The Bertz CT molecular complexity index is 606. The fourth-order valence-electron chi connectivity index (χ4n) is 5.57. The van der Waals surface area contributed by atoms with E-state index in [1.807, 2.05) is 0 Å². The molecular formula is C24H34F4. The molecule has 2 aliphatic carbocycles. The van der Waals surface area contributed by atoms with Crippen molar-refractivity contribution in [3.8, 4) is 0 Å². The SMILES string of the molecule is CCCCCC1CCC(C2CCC(c3ccc(F)c(C(F)(F)F)c3)CC2)CC1. The molecule has 0 unspecified atom stereocenters. The highest BCUT2D eigenvalue weighted by molar-refractivity contribution is 5.30. The Balaban J connectivity index is 1.49. The lowest BCUT2D eigenvalue weighted by atomic mass is 9.68. The quantitative estimate of drug-likeness (QED) is 0.333. The normalized spacial score (nSPS) is 29.0. The topological polar surface area (TPSA) is 0 Å². The number of benzene rings is 1. The second-order valence-corrected chi connectivity index (χ2v) is 9.13. The monoisotopic (exact) mass is 398 g/mol. The summed E-state index contributed by atoms with van der Waals surface area (Å²) < 4.78 is 52.5. The standard InChI is InChI=1S/C24H34F4/c1-2-3-4-5-17-6-8-18(9-7-17)19-10-12-20(13-11-19)21-14-15-23(25)22(16-21)24(26,27)28/h14-20H,2-13H2,1H3. The minimum Gasteiger partial charge on any atom is -0.206 e. The summed E-state index contributed by atoms with van der Waals surface area (Å²) in [6.45, 7) is 2.25. The maximum atomic E-state index is 13.5. The molecule has 0 amide bonds. The second-order valence-electron chi connectivity index (χ2n) is 9.13. The molecule has 0 heterocycles. The maximum Gasteiger partial charge on any atom is 0.419 e. The van der Waals surface area contributed by atoms with Gasteiger partial charge in [0, 0.05) is 0 Å². The fourth-order valence-corrected chi connectivity index (χ4v) is 5.57. The van der Waals surface area contributed by atoms with Crippen molar-refractivity contribution in [3.05, 3.63) is 35.1 Å². The van der Waals surface area contributed by atoms with Crippen LogP contribution in [0.15, 0.2) is 18.2 Å². The number of hydrogen-bond acceptors (Lipinski definition) is 0. The van der Waals surface area contributed by atoms with Gasteiger partial charge in [-0.15, -0.1) is 0 Å². The van der Waals surface area contributed by atoms with Crippen LogP contribution in [0.4, 0.5) is 17.6 Å². The summed E-state index contributed by atoms with van der Waals surface area (Å²) in [5.41, 5.74) is -0.458. The van der Waals surface area contributed by atoms with Crippen molar-refractivity contribution in [3.63, 3.8) is 0 Å². The average molecular weight is 399 g/mol. The van der Waals surface area contributed by atoms with E-state index in [1.54, 1.807) is 6.07 Å². The van der Waals surface area contributed by atoms with Crippen LogP contribution in [0.5, 0.6) is 0 Å². The van der Waals surface area contributed by atoms with Gasteiger partial charge in [-0.1, -0.05) is 51.5 Å². The lowest BCUT2D eigenvalue weighted by Gasteiger charge is -2.38. The van der Waals surface area contributed by atoms with Gasteiger partial charge in [-0.25, -0.2) is 4.39 Å². The van der Waals surface area contributed by atoms with Gasteiger partial charge in [-0.05, 0) is 79.9 Å². The Hall–Kier alpha value is -1.06. The zero-order valence-electron chi connectivity index (χ0n) is 17.0. The highest BCUT2D eigenvalue weighted by Gasteiger charge is 2.36. The molecule has 4 heteroatoms. The van der Waals surface area contributed by atoms with E-state index in [0.717, 1.165) is 55.6 Å². The molecule has 0 spiro atoms. The van der Waals surface area contributed by atoms with Gasteiger partial charge in [0.25, 0.3) is 0 Å². The van der Waals surface area contributed by atoms with Crippen LogP contribution < -0.4 is 0 Å². The Labute approximate surface area is 167 Å². The molecule has 2 fully saturated rings. The number of unbranched alkanes of at least 4 members (excludes halogenated alkanes) is 2. The van der Waals surface area contributed by atoms with Crippen LogP contribution in [0.1, 0.15) is 101 Å². The Morgan fingerprint density at radius 1 is 0.857 bits per heavy atom. The highest BCUT2D eigenvalue weighted by atomic mass is 19.4. The maximum absolute atomic E-state index is 13.5. The summed E-state index contributed by atoms with van der Waals surface area (Å²) in [6.07, 6.45) is 10.3. The molecule has 158 valence electrons. The fraction of sp³-hybridized carbons (Fsp3) is 0.750. The average Bonchev–Trinajstić information content (AvgIpc) is 2.68. The number of rotatable bonds is 6. The third-order valence-corrected chi connectivity index (χ3v) is 7.31. The van der Waals surface area contributed by atoms with Crippen molar-refractivity contribution in [1.82, 2.24) is 0 Å². The number of alkyl halides is 3. The predicted molar refractivity (Wildman–Crippen MR) is 106 cm³/mol. The van der Waals surface area contributed by atoms with Gasteiger partial charge in [-0.3, -0.25) is 0 Å². The molecule has 2 saturated carbocycles. The summed E-state index contributed by atoms with van der Waals surface area (Å²) in [5, 5.41) is 0. The van der Waals surface area contributed by atoms with Crippen LogP contribution in [0, 0.1) is 23.6 Å². The zero-order chi connectivity index (χ0) is 20.1. The first kappa shape index (κ1) is 21.6. The zero-order valence-corrected chi connectivity index (χ0v) is 17.0. The molecule has 2 aliphatic rings. The van der Waals surface area contributed by atoms with Gasteiger partial charge in [0.1, 0.15) is 5.82 Å². The minimum atomic E-state index is -4.62. The van der Waals surface area contributed by atoms with Crippen molar-refractivity contribution in [2.24, 2.45) is 17.8 Å². The summed E-state index contributed by atoms with van der Waals surface area (Å²) >= 11 is 0. The largest absolute Gasteiger partial charge is 0.419 e. The molecule has 28 heavy (non-hydrogen) atoms. The molecule has 0 bridgehead atoms. The van der Waals surface area contributed by atoms with Crippen LogP contribution in [-0.4, -0.2) is 0 Å². The first-order valence-corrected chi connectivity index (χ1v) is 11.2. The van der Waals surface area contributed by atoms with Gasteiger partial charge in [-0.2, -0.15) is 13.2 Å².